The number of carbonyl (C=O) groups excluding carboxylic acids is 2. The number of nitrogens with zero attached hydrogens (tertiary/aromatic N) is 1. The molecule has 0 aliphatic heterocycles. The molecule has 0 radical (unpaired) electrons. The van der Waals surface area contributed by atoms with Crippen LogP contribution in [0.4, 0.5) is 0 Å². The van der Waals surface area contributed by atoms with E-state index in [9.17, 15) is 9.59 Å². The van der Waals surface area contributed by atoms with Gasteiger partial charge in [0.25, 0.3) is 5.91 Å². The van der Waals surface area contributed by atoms with Gasteiger partial charge in [-0.2, -0.15) is 0 Å². The molecule has 1 fully saturated rings. The minimum Gasteiger partial charge on any atom is -0.493 e. The summed E-state index contributed by atoms with van der Waals surface area (Å²) in [7, 11) is 1.57. The second-order valence-electron chi connectivity index (χ2n) is 7.31. The van der Waals surface area contributed by atoms with Gasteiger partial charge in [-0.25, -0.2) is 4.79 Å². The number of esters is 1. The van der Waals surface area contributed by atoms with Gasteiger partial charge in [-0.15, -0.1) is 0 Å². The second-order valence-corrected chi connectivity index (χ2v) is 7.31. The zero-order valence-corrected chi connectivity index (χ0v) is 17.3. The SMILES string of the molecule is COc1ccccc1OCCNC(=O)COC(=O)c1cc(C2CC2)nc2ccccc12. The van der Waals surface area contributed by atoms with Crippen LogP contribution in [0.1, 0.15) is 34.8 Å². The molecule has 4 rings (SSSR count). The predicted molar refractivity (Wildman–Crippen MR) is 115 cm³/mol. The Morgan fingerprint density at radius 3 is 2.58 bits per heavy atom. The van der Waals surface area contributed by atoms with Crippen LogP contribution in [0, 0.1) is 0 Å². The highest BCUT2D eigenvalue weighted by Crippen LogP contribution is 2.40. The number of fused-ring (bicyclic) bond motifs is 1. The molecule has 0 atom stereocenters. The van der Waals surface area contributed by atoms with Crippen LogP contribution in [-0.4, -0.2) is 43.7 Å². The van der Waals surface area contributed by atoms with E-state index in [1.807, 2.05) is 36.4 Å². The lowest BCUT2D eigenvalue weighted by atomic mass is 10.1. The van der Waals surface area contributed by atoms with Crippen LogP contribution in [0.3, 0.4) is 0 Å². The van der Waals surface area contributed by atoms with Crippen LogP contribution >= 0.6 is 0 Å². The van der Waals surface area contributed by atoms with Gasteiger partial charge in [-0.3, -0.25) is 9.78 Å². The summed E-state index contributed by atoms with van der Waals surface area (Å²) >= 11 is 0. The lowest BCUT2D eigenvalue weighted by Crippen LogP contribution is -2.32. The molecule has 0 spiro atoms. The molecule has 1 aliphatic rings. The quantitative estimate of drug-likeness (QED) is 0.421. The normalized spacial score (nSPS) is 12.9. The first-order chi connectivity index (χ1) is 15.2. The topological polar surface area (TPSA) is 86.8 Å². The molecule has 31 heavy (non-hydrogen) atoms. The standard InChI is InChI=1S/C24H24N2O5/c1-29-21-8-4-5-9-22(21)30-13-12-25-23(27)15-31-24(28)18-14-20(16-10-11-16)26-19-7-3-2-6-17(18)19/h2-9,14,16H,10-13,15H2,1H3,(H,25,27). The van der Waals surface area contributed by atoms with Crippen molar-refractivity contribution in [3.63, 3.8) is 0 Å². The summed E-state index contributed by atoms with van der Waals surface area (Å²) in [6.07, 6.45) is 2.17. The molecule has 0 saturated heterocycles. The van der Waals surface area contributed by atoms with Crippen molar-refractivity contribution in [2.75, 3.05) is 26.9 Å². The zero-order chi connectivity index (χ0) is 21.6. The van der Waals surface area contributed by atoms with E-state index >= 15 is 0 Å². The molecule has 160 valence electrons. The predicted octanol–water partition coefficient (Wildman–Crippen LogP) is 3.47. The third-order valence-electron chi connectivity index (χ3n) is 5.04. The number of aromatic nitrogens is 1. The van der Waals surface area contributed by atoms with E-state index < -0.39 is 11.9 Å². The van der Waals surface area contributed by atoms with Gasteiger partial charge in [-0.1, -0.05) is 30.3 Å². The number of ether oxygens (including phenoxy) is 3. The van der Waals surface area contributed by atoms with E-state index in [1.54, 1.807) is 25.3 Å². The number of benzene rings is 2. The van der Waals surface area contributed by atoms with Crippen LogP contribution < -0.4 is 14.8 Å². The highest BCUT2D eigenvalue weighted by atomic mass is 16.5. The summed E-state index contributed by atoms with van der Waals surface area (Å²) < 4.78 is 16.1. The highest BCUT2D eigenvalue weighted by molar-refractivity contribution is 6.04. The Hall–Kier alpha value is -3.61. The number of amides is 1. The van der Waals surface area contributed by atoms with Crippen LogP contribution in [0.15, 0.2) is 54.6 Å². The van der Waals surface area contributed by atoms with Crippen molar-refractivity contribution in [3.05, 3.63) is 65.9 Å². The van der Waals surface area contributed by atoms with Gasteiger partial charge in [0.1, 0.15) is 6.61 Å². The second kappa shape index (κ2) is 9.47. The first-order valence-corrected chi connectivity index (χ1v) is 10.2. The van der Waals surface area contributed by atoms with Crippen molar-refractivity contribution in [3.8, 4) is 11.5 Å². The van der Waals surface area contributed by atoms with Crippen LogP contribution in [0.25, 0.3) is 10.9 Å². The molecule has 0 unspecified atom stereocenters. The molecule has 7 nitrogen and oxygen atoms in total. The maximum atomic E-state index is 12.7. The Balaban J connectivity index is 1.29. The van der Waals surface area contributed by atoms with E-state index in [0.29, 0.717) is 23.0 Å². The van der Waals surface area contributed by atoms with Crippen molar-refractivity contribution >= 4 is 22.8 Å². The Labute approximate surface area is 180 Å². The fourth-order valence-electron chi connectivity index (χ4n) is 3.30. The van der Waals surface area contributed by atoms with Crippen LogP contribution in [0.5, 0.6) is 11.5 Å². The Morgan fingerprint density at radius 1 is 1.06 bits per heavy atom. The van der Waals surface area contributed by atoms with Crippen molar-refractivity contribution in [1.29, 1.82) is 0 Å². The first-order valence-electron chi connectivity index (χ1n) is 10.2. The molecular weight excluding hydrogens is 396 g/mol. The lowest BCUT2D eigenvalue weighted by molar-refractivity contribution is -0.124. The average Bonchev–Trinajstić information content (AvgIpc) is 3.65. The summed E-state index contributed by atoms with van der Waals surface area (Å²) in [6.45, 7) is 0.182. The molecule has 1 N–H and O–H groups in total. The lowest BCUT2D eigenvalue weighted by Gasteiger charge is -2.11. The maximum Gasteiger partial charge on any atom is 0.339 e. The first kappa shape index (κ1) is 20.7. The van der Waals surface area contributed by atoms with Gasteiger partial charge in [0.05, 0.1) is 24.7 Å². The van der Waals surface area contributed by atoms with Crippen molar-refractivity contribution in [2.45, 2.75) is 18.8 Å². The largest absolute Gasteiger partial charge is 0.493 e. The number of para-hydroxylation sites is 3. The van der Waals surface area contributed by atoms with Crippen molar-refractivity contribution in [1.82, 2.24) is 10.3 Å². The third kappa shape index (κ3) is 5.12. The van der Waals surface area contributed by atoms with E-state index in [0.717, 1.165) is 29.4 Å². The average molecular weight is 420 g/mol. The fraction of sp³-hybridized carbons (Fsp3) is 0.292. The zero-order valence-electron chi connectivity index (χ0n) is 17.3. The monoisotopic (exact) mass is 420 g/mol. The van der Waals surface area contributed by atoms with Gasteiger partial charge in [0, 0.05) is 17.0 Å². The summed E-state index contributed by atoms with van der Waals surface area (Å²) in [6, 6.07) is 16.5. The smallest absolute Gasteiger partial charge is 0.339 e. The van der Waals surface area contributed by atoms with Crippen molar-refractivity contribution in [2.24, 2.45) is 0 Å². The molecule has 0 bridgehead atoms. The molecule has 1 aliphatic carbocycles. The van der Waals surface area contributed by atoms with Crippen LogP contribution in [-0.2, 0) is 9.53 Å². The summed E-state index contributed by atoms with van der Waals surface area (Å²) in [5.41, 5.74) is 2.11. The van der Waals surface area contributed by atoms with Crippen LogP contribution in [0.2, 0.25) is 0 Å². The summed E-state index contributed by atoms with van der Waals surface area (Å²) in [5, 5.41) is 3.40. The molecule has 3 aromatic rings. The number of pyridine rings is 1. The molecule has 2 aromatic carbocycles. The van der Waals surface area contributed by atoms with Gasteiger partial charge in [-0.05, 0) is 37.1 Å². The number of methoxy groups -OCH3 is 1. The summed E-state index contributed by atoms with van der Waals surface area (Å²) in [4.78, 5) is 29.4. The van der Waals surface area contributed by atoms with Crippen molar-refractivity contribution < 1.29 is 23.8 Å². The molecule has 1 amide bonds. The molecular formula is C24H24N2O5. The van der Waals surface area contributed by atoms with E-state index in [1.165, 1.54) is 0 Å². The van der Waals surface area contributed by atoms with Gasteiger partial charge >= 0.3 is 5.97 Å². The van der Waals surface area contributed by atoms with E-state index in [4.69, 9.17) is 14.2 Å². The molecule has 7 heteroatoms. The van der Waals surface area contributed by atoms with E-state index in [2.05, 4.69) is 10.3 Å². The number of rotatable bonds is 9. The minimum absolute atomic E-state index is 0.264. The number of hydrogen-bond acceptors (Lipinski definition) is 6. The maximum absolute atomic E-state index is 12.7. The highest BCUT2D eigenvalue weighted by Gasteiger charge is 2.27. The summed E-state index contributed by atoms with van der Waals surface area (Å²) in [5.74, 6) is 0.709. The third-order valence-corrected chi connectivity index (χ3v) is 5.04. The van der Waals surface area contributed by atoms with Gasteiger partial charge in [0.2, 0.25) is 0 Å². The Bertz CT molecular complexity index is 1090. The Morgan fingerprint density at radius 2 is 1.81 bits per heavy atom. The molecule has 1 aromatic heterocycles. The molecule has 1 saturated carbocycles. The molecule has 1 heterocycles. The van der Waals surface area contributed by atoms with Gasteiger partial charge in [0.15, 0.2) is 18.1 Å². The minimum atomic E-state index is -0.527. The van der Waals surface area contributed by atoms with E-state index in [-0.39, 0.29) is 19.8 Å². The number of nitrogens with one attached hydrogen (secondary N) is 1. The Kier molecular flexibility index (Phi) is 6.31. The number of carbonyl (C=O) groups is 2. The fourth-order valence-corrected chi connectivity index (χ4v) is 3.30. The van der Waals surface area contributed by atoms with Gasteiger partial charge < -0.3 is 19.5 Å². The number of hydrogen-bond donors (Lipinski definition) is 1.